The van der Waals surface area contributed by atoms with Gasteiger partial charge < -0.3 is 14.5 Å². The standard InChI is InChI=1S/C16H16N2O3/c1-20-12-7-8-14-13(9-12)17-16(19)18(14)10-11-5-3-4-6-15(11)21-2/h3-9H,10H2,1-2H3,(H,17,19). The van der Waals surface area contributed by atoms with E-state index in [1.807, 2.05) is 42.5 Å². The van der Waals surface area contributed by atoms with Gasteiger partial charge in [-0.2, -0.15) is 0 Å². The zero-order valence-corrected chi connectivity index (χ0v) is 11.9. The van der Waals surface area contributed by atoms with E-state index in [1.165, 1.54) is 0 Å². The Kier molecular flexibility index (Phi) is 3.39. The number of para-hydroxylation sites is 1. The number of benzene rings is 2. The van der Waals surface area contributed by atoms with Crippen molar-refractivity contribution in [3.63, 3.8) is 0 Å². The van der Waals surface area contributed by atoms with Crippen LogP contribution in [-0.4, -0.2) is 23.8 Å². The molecule has 0 aliphatic carbocycles. The molecule has 5 heteroatoms. The van der Waals surface area contributed by atoms with Crippen LogP contribution < -0.4 is 15.2 Å². The molecule has 0 bridgehead atoms. The maximum absolute atomic E-state index is 12.2. The predicted octanol–water partition coefficient (Wildman–Crippen LogP) is 2.40. The van der Waals surface area contributed by atoms with Crippen molar-refractivity contribution in [2.24, 2.45) is 0 Å². The van der Waals surface area contributed by atoms with Crippen molar-refractivity contribution in [3.8, 4) is 11.5 Å². The van der Waals surface area contributed by atoms with Gasteiger partial charge in [-0.3, -0.25) is 4.57 Å². The summed E-state index contributed by atoms with van der Waals surface area (Å²) in [7, 11) is 3.23. The number of nitrogens with one attached hydrogen (secondary N) is 1. The highest BCUT2D eigenvalue weighted by atomic mass is 16.5. The van der Waals surface area contributed by atoms with Gasteiger partial charge in [0.15, 0.2) is 0 Å². The minimum atomic E-state index is -0.149. The largest absolute Gasteiger partial charge is 0.497 e. The van der Waals surface area contributed by atoms with Crippen LogP contribution in [0.5, 0.6) is 11.5 Å². The fourth-order valence-electron chi connectivity index (χ4n) is 2.43. The number of H-pyrrole nitrogens is 1. The van der Waals surface area contributed by atoms with Crippen LogP contribution in [0.25, 0.3) is 11.0 Å². The number of fused-ring (bicyclic) bond motifs is 1. The highest BCUT2D eigenvalue weighted by Gasteiger charge is 2.10. The molecule has 1 N–H and O–H groups in total. The lowest BCUT2D eigenvalue weighted by Crippen LogP contribution is -2.17. The second-order valence-corrected chi connectivity index (χ2v) is 4.71. The molecule has 0 aliphatic heterocycles. The lowest BCUT2D eigenvalue weighted by molar-refractivity contribution is 0.408. The van der Waals surface area contributed by atoms with E-state index in [0.29, 0.717) is 12.3 Å². The van der Waals surface area contributed by atoms with Gasteiger partial charge in [-0.1, -0.05) is 18.2 Å². The second-order valence-electron chi connectivity index (χ2n) is 4.71. The van der Waals surface area contributed by atoms with E-state index in [-0.39, 0.29) is 5.69 Å². The van der Waals surface area contributed by atoms with Gasteiger partial charge in [-0.25, -0.2) is 4.79 Å². The third kappa shape index (κ3) is 2.38. The van der Waals surface area contributed by atoms with Gasteiger partial charge in [-0.05, 0) is 18.2 Å². The molecule has 21 heavy (non-hydrogen) atoms. The molecule has 108 valence electrons. The van der Waals surface area contributed by atoms with Crippen molar-refractivity contribution in [1.29, 1.82) is 0 Å². The van der Waals surface area contributed by atoms with E-state index in [0.717, 1.165) is 22.3 Å². The molecule has 1 heterocycles. The molecule has 2 aromatic carbocycles. The van der Waals surface area contributed by atoms with Crippen LogP contribution in [0, 0.1) is 0 Å². The zero-order valence-electron chi connectivity index (χ0n) is 11.9. The summed E-state index contributed by atoms with van der Waals surface area (Å²) < 4.78 is 12.2. The highest BCUT2D eigenvalue weighted by Crippen LogP contribution is 2.22. The number of rotatable bonds is 4. The Morgan fingerprint density at radius 3 is 2.67 bits per heavy atom. The number of imidazole rings is 1. The molecular formula is C16H16N2O3. The van der Waals surface area contributed by atoms with Crippen LogP contribution in [0.15, 0.2) is 47.3 Å². The van der Waals surface area contributed by atoms with Crippen LogP contribution in [-0.2, 0) is 6.54 Å². The molecule has 0 fully saturated rings. The predicted molar refractivity (Wildman–Crippen MR) is 81.2 cm³/mol. The smallest absolute Gasteiger partial charge is 0.326 e. The minimum Gasteiger partial charge on any atom is -0.497 e. The first-order valence-corrected chi connectivity index (χ1v) is 6.61. The minimum absolute atomic E-state index is 0.149. The maximum Gasteiger partial charge on any atom is 0.326 e. The van der Waals surface area contributed by atoms with Crippen LogP contribution in [0.1, 0.15) is 5.56 Å². The van der Waals surface area contributed by atoms with Crippen molar-refractivity contribution >= 4 is 11.0 Å². The summed E-state index contributed by atoms with van der Waals surface area (Å²) in [6, 6.07) is 13.2. The lowest BCUT2D eigenvalue weighted by atomic mass is 10.2. The molecule has 0 unspecified atom stereocenters. The Bertz CT molecular complexity index is 833. The number of aromatic amines is 1. The summed E-state index contributed by atoms with van der Waals surface area (Å²) >= 11 is 0. The summed E-state index contributed by atoms with van der Waals surface area (Å²) in [5.74, 6) is 1.49. The molecular weight excluding hydrogens is 268 g/mol. The Labute approximate surface area is 121 Å². The molecule has 0 spiro atoms. The number of nitrogens with zero attached hydrogens (tertiary/aromatic N) is 1. The van der Waals surface area contributed by atoms with E-state index >= 15 is 0 Å². The zero-order chi connectivity index (χ0) is 14.8. The summed E-state index contributed by atoms with van der Waals surface area (Å²) in [5, 5.41) is 0. The van der Waals surface area contributed by atoms with Gasteiger partial charge in [0.25, 0.3) is 0 Å². The number of hydrogen-bond acceptors (Lipinski definition) is 3. The van der Waals surface area contributed by atoms with E-state index in [2.05, 4.69) is 4.98 Å². The van der Waals surface area contributed by atoms with Crippen LogP contribution in [0.3, 0.4) is 0 Å². The molecule has 0 atom stereocenters. The Hall–Kier alpha value is -2.69. The molecule has 0 saturated heterocycles. The Morgan fingerprint density at radius 2 is 1.90 bits per heavy atom. The SMILES string of the molecule is COc1ccc2c(c1)[nH]c(=O)n2Cc1ccccc1OC. The Balaban J connectivity index is 2.08. The van der Waals surface area contributed by atoms with E-state index in [1.54, 1.807) is 18.8 Å². The summed E-state index contributed by atoms with van der Waals surface area (Å²) in [4.78, 5) is 15.0. The summed E-state index contributed by atoms with van der Waals surface area (Å²) in [6.45, 7) is 0.454. The molecule has 3 aromatic rings. The van der Waals surface area contributed by atoms with Gasteiger partial charge in [0.1, 0.15) is 11.5 Å². The fourth-order valence-corrected chi connectivity index (χ4v) is 2.43. The molecule has 3 rings (SSSR count). The van der Waals surface area contributed by atoms with Crippen molar-refractivity contribution in [2.75, 3.05) is 14.2 Å². The summed E-state index contributed by atoms with van der Waals surface area (Å²) in [6.07, 6.45) is 0. The first kappa shape index (κ1) is 13.3. The molecule has 5 nitrogen and oxygen atoms in total. The maximum atomic E-state index is 12.2. The van der Waals surface area contributed by atoms with Crippen LogP contribution in [0.2, 0.25) is 0 Å². The van der Waals surface area contributed by atoms with Gasteiger partial charge in [-0.15, -0.1) is 0 Å². The third-order valence-electron chi connectivity index (χ3n) is 3.50. The van der Waals surface area contributed by atoms with Crippen LogP contribution in [0.4, 0.5) is 0 Å². The second kappa shape index (κ2) is 5.36. The van der Waals surface area contributed by atoms with Gasteiger partial charge >= 0.3 is 5.69 Å². The molecule has 0 radical (unpaired) electrons. The van der Waals surface area contributed by atoms with Crippen molar-refractivity contribution < 1.29 is 9.47 Å². The topological polar surface area (TPSA) is 56.2 Å². The number of hydrogen-bond donors (Lipinski definition) is 1. The number of ether oxygens (including phenoxy) is 2. The average Bonchev–Trinajstić information content (AvgIpc) is 2.83. The van der Waals surface area contributed by atoms with Crippen molar-refractivity contribution in [3.05, 3.63) is 58.5 Å². The third-order valence-corrected chi connectivity index (χ3v) is 3.50. The van der Waals surface area contributed by atoms with Gasteiger partial charge in [0.05, 0.1) is 31.8 Å². The highest BCUT2D eigenvalue weighted by molar-refractivity contribution is 5.77. The quantitative estimate of drug-likeness (QED) is 0.800. The van der Waals surface area contributed by atoms with E-state index in [9.17, 15) is 4.79 Å². The first-order valence-electron chi connectivity index (χ1n) is 6.61. The van der Waals surface area contributed by atoms with E-state index in [4.69, 9.17) is 9.47 Å². The van der Waals surface area contributed by atoms with E-state index < -0.39 is 0 Å². The van der Waals surface area contributed by atoms with Crippen LogP contribution >= 0.6 is 0 Å². The molecule has 0 saturated carbocycles. The molecule has 0 amide bonds. The van der Waals surface area contributed by atoms with Gasteiger partial charge in [0.2, 0.25) is 0 Å². The monoisotopic (exact) mass is 284 g/mol. The summed E-state index contributed by atoms with van der Waals surface area (Å²) in [5.41, 5.74) is 2.41. The average molecular weight is 284 g/mol. The number of aromatic nitrogens is 2. The van der Waals surface area contributed by atoms with Gasteiger partial charge in [0, 0.05) is 11.6 Å². The van der Waals surface area contributed by atoms with Crippen molar-refractivity contribution in [2.45, 2.75) is 6.54 Å². The number of methoxy groups -OCH3 is 2. The fraction of sp³-hybridized carbons (Fsp3) is 0.188. The first-order chi connectivity index (χ1) is 10.2. The lowest BCUT2D eigenvalue weighted by Gasteiger charge is -2.09. The van der Waals surface area contributed by atoms with Crippen molar-refractivity contribution in [1.82, 2.24) is 9.55 Å². The normalized spacial score (nSPS) is 10.8. The molecule has 1 aromatic heterocycles. The Morgan fingerprint density at radius 1 is 1.10 bits per heavy atom. The molecule has 0 aliphatic rings.